The monoisotopic (exact) mass is 314 g/mol. The first kappa shape index (κ1) is 12.1. The van der Waals surface area contributed by atoms with Gasteiger partial charge >= 0.3 is 0 Å². The zero-order valence-corrected chi connectivity index (χ0v) is 11.7. The molecule has 0 atom stereocenters. The van der Waals surface area contributed by atoms with E-state index >= 15 is 0 Å². The van der Waals surface area contributed by atoms with Crippen LogP contribution >= 0.6 is 15.9 Å². The van der Waals surface area contributed by atoms with E-state index in [0.717, 1.165) is 26.7 Å². The van der Waals surface area contributed by atoms with Gasteiger partial charge in [-0.25, -0.2) is 0 Å². The molecule has 2 aromatic heterocycles. The summed E-state index contributed by atoms with van der Waals surface area (Å²) in [5.74, 6) is 0.763. The lowest BCUT2D eigenvalue weighted by atomic mass is 10.2. The van der Waals surface area contributed by atoms with E-state index in [4.69, 9.17) is 4.74 Å². The number of halogens is 1. The molecule has 3 rings (SSSR count). The number of nitrogens with zero attached hydrogens (tertiary/aromatic N) is 2. The first-order chi connectivity index (χ1) is 9.31. The van der Waals surface area contributed by atoms with Gasteiger partial charge in [-0.2, -0.15) is 0 Å². The van der Waals surface area contributed by atoms with Crippen LogP contribution in [0.2, 0.25) is 0 Å². The molecule has 0 spiro atoms. The molecule has 0 fully saturated rings. The van der Waals surface area contributed by atoms with Gasteiger partial charge in [-0.1, -0.05) is 18.2 Å². The van der Waals surface area contributed by atoms with E-state index in [1.54, 1.807) is 18.6 Å². The maximum absolute atomic E-state index is 5.73. The minimum Gasteiger partial charge on any atom is -0.487 e. The van der Waals surface area contributed by atoms with Gasteiger partial charge in [0, 0.05) is 27.8 Å². The molecular formula is C15H11BrN2O. The molecular weight excluding hydrogens is 304 g/mol. The maximum atomic E-state index is 5.73. The average Bonchev–Trinajstić information content (AvgIpc) is 2.45. The largest absolute Gasteiger partial charge is 0.487 e. The van der Waals surface area contributed by atoms with Crippen molar-refractivity contribution >= 4 is 26.8 Å². The number of fused-ring (bicyclic) bond motifs is 1. The smallest absolute Gasteiger partial charge is 0.138 e. The lowest BCUT2D eigenvalue weighted by Gasteiger charge is -2.07. The number of ether oxygens (including phenoxy) is 1. The third kappa shape index (κ3) is 2.90. The summed E-state index contributed by atoms with van der Waals surface area (Å²) in [6.07, 6.45) is 5.29. The minimum absolute atomic E-state index is 0.479. The standard InChI is InChI=1S/C15H11BrN2O/c16-13-5-11(7-17-8-13)10-19-14-6-12-3-1-2-4-15(12)18-9-14/h1-9H,10H2. The molecule has 0 saturated heterocycles. The van der Waals surface area contributed by atoms with Crippen molar-refractivity contribution in [1.82, 2.24) is 9.97 Å². The van der Waals surface area contributed by atoms with Crippen LogP contribution in [-0.4, -0.2) is 9.97 Å². The summed E-state index contributed by atoms with van der Waals surface area (Å²) in [7, 11) is 0. The van der Waals surface area contributed by atoms with Gasteiger partial charge in [0.25, 0.3) is 0 Å². The van der Waals surface area contributed by atoms with Crippen molar-refractivity contribution in [3.8, 4) is 5.75 Å². The summed E-state index contributed by atoms with van der Waals surface area (Å²) < 4.78 is 6.68. The average molecular weight is 315 g/mol. The molecule has 3 nitrogen and oxygen atoms in total. The predicted octanol–water partition coefficient (Wildman–Crippen LogP) is 3.97. The van der Waals surface area contributed by atoms with Gasteiger partial charge in [-0.3, -0.25) is 9.97 Å². The number of rotatable bonds is 3. The van der Waals surface area contributed by atoms with Crippen LogP contribution in [-0.2, 0) is 6.61 Å². The Kier molecular flexibility index (Phi) is 3.42. The second kappa shape index (κ2) is 5.36. The fourth-order valence-corrected chi connectivity index (χ4v) is 2.24. The Morgan fingerprint density at radius 3 is 2.84 bits per heavy atom. The van der Waals surface area contributed by atoms with Crippen molar-refractivity contribution < 1.29 is 4.74 Å². The molecule has 0 bridgehead atoms. The van der Waals surface area contributed by atoms with Gasteiger partial charge in [0.15, 0.2) is 0 Å². The Labute approximate surface area is 119 Å². The number of aromatic nitrogens is 2. The van der Waals surface area contributed by atoms with Gasteiger partial charge in [-0.15, -0.1) is 0 Å². The van der Waals surface area contributed by atoms with Crippen molar-refractivity contribution in [3.05, 3.63) is 65.0 Å². The van der Waals surface area contributed by atoms with Crippen LogP contribution in [0, 0.1) is 0 Å². The molecule has 0 saturated carbocycles. The van der Waals surface area contributed by atoms with Crippen molar-refractivity contribution in [3.63, 3.8) is 0 Å². The minimum atomic E-state index is 0.479. The molecule has 0 N–H and O–H groups in total. The molecule has 3 aromatic rings. The summed E-state index contributed by atoms with van der Waals surface area (Å²) in [4.78, 5) is 8.47. The van der Waals surface area contributed by atoms with E-state index in [1.807, 2.05) is 36.4 Å². The van der Waals surface area contributed by atoms with Crippen LogP contribution in [0.4, 0.5) is 0 Å². The molecule has 19 heavy (non-hydrogen) atoms. The van der Waals surface area contributed by atoms with Crippen molar-refractivity contribution in [2.45, 2.75) is 6.61 Å². The highest BCUT2D eigenvalue weighted by atomic mass is 79.9. The molecule has 0 unspecified atom stereocenters. The van der Waals surface area contributed by atoms with Crippen LogP contribution in [0.25, 0.3) is 10.9 Å². The van der Waals surface area contributed by atoms with E-state index < -0.39 is 0 Å². The Balaban J connectivity index is 1.78. The lowest BCUT2D eigenvalue weighted by Crippen LogP contribution is -1.96. The topological polar surface area (TPSA) is 35.0 Å². The van der Waals surface area contributed by atoms with Crippen LogP contribution in [0.1, 0.15) is 5.56 Å². The third-order valence-corrected chi connectivity index (χ3v) is 3.17. The van der Waals surface area contributed by atoms with Gasteiger partial charge < -0.3 is 4.74 Å². The Morgan fingerprint density at radius 1 is 1.05 bits per heavy atom. The zero-order chi connectivity index (χ0) is 13.1. The SMILES string of the molecule is Brc1cncc(COc2cnc3ccccc3c2)c1. The second-order valence-corrected chi connectivity index (χ2v) is 5.08. The van der Waals surface area contributed by atoms with E-state index in [-0.39, 0.29) is 0 Å². The lowest BCUT2D eigenvalue weighted by molar-refractivity contribution is 0.305. The molecule has 0 radical (unpaired) electrons. The quantitative estimate of drug-likeness (QED) is 0.733. The van der Waals surface area contributed by atoms with E-state index in [9.17, 15) is 0 Å². The van der Waals surface area contributed by atoms with E-state index in [1.165, 1.54) is 0 Å². The van der Waals surface area contributed by atoms with Gasteiger partial charge in [0.05, 0.1) is 11.7 Å². The van der Waals surface area contributed by atoms with Crippen LogP contribution < -0.4 is 4.74 Å². The van der Waals surface area contributed by atoms with Crippen molar-refractivity contribution in [2.24, 2.45) is 0 Å². The molecule has 4 heteroatoms. The number of para-hydroxylation sites is 1. The Hall–Kier alpha value is -1.94. The van der Waals surface area contributed by atoms with Crippen LogP contribution in [0.15, 0.2) is 59.5 Å². The fraction of sp³-hybridized carbons (Fsp3) is 0.0667. The summed E-state index contributed by atoms with van der Waals surface area (Å²) in [5.41, 5.74) is 1.99. The van der Waals surface area contributed by atoms with Crippen molar-refractivity contribution in [2.75, 3.05) is 0 Å². The summed E-state index contributed by atoms with van der Waals surface area (Å²) in [6, 6.07) is 12.0. The summed E-state index contributed by atoms with van der Waals surface area (Å²) in [5, 5.41) is 1.08. The molecule has 0 aliphatic heterocycles. The number of hydrogen-bond acceptors (Lipinski definition) is 3. The van der Waals surface area contributed by atoms with E-state index in [0.29, 0.717) is 6.61 Å². The highest BCUT2D eigenvalue weighted by Crippen LogP contribution is 2.19. The highest BCUT2D eigenvalue weighted by molar-refractivity contribution is 9.10. The van der Waals surface area contributed by atoms with Gasteiger partial charge in [0.2, 0.25) is 0 Å². The zero-order valence-electron chi connectivity index (χ0n) is 10.1. The van der Waals surface area contributed by atoms with E-state index in [2.05, 4.69) is 25.9 Å². The first-order valence-corrected chi connectivity index (χ1v) is 6.67. The van der Waals surface area contributed by atoms with Crippen LogP contribution in [0.5, 0.6) is 5.75 Å². The van der Waals surface area contributed by atoms with Gasteiger partial charge in [-0.05, 0) is 34.1 Å². The third-order valence-electron chi connectivity index (χ3n) is 2.73. The Bertz CT molecular complexity index is 715. The van der Waals surface area contributed by atoms with Crippen LogP contribution in [0.3, 0.4) is 0 Å². The number of pyridine rings is 2. The predicted molar refractivity (Wildman–Crippen MR) is 78.0 cm³/mol. The summed E-state index contributed by atoms with van der Waals surface area (Å²) in [6.45, 7) is 0.479. The Morgan fingerprint density at radius 2 is 1.95 bits per heavy atom. The second-order valence-electron chi connectivity index (χ2n) is 4.16. The molecule has 0 aliphatic rings. The highest BCUT2D eigenvalue weighted by Gasteiger charge is 2.00. The molecule has 2 heterocycles. The number of benzene rings is 1. The molecule has 94 valence electrons. The molecule has 0 aliphatic carbocycles. The molecule has 0 amide bonds. The maximum Gasteiger partial charge on any atom is 0.138 e. The normalized spacial score (nSPS) is 10.6. The fourth-order valence-electron chi connectivity index (χ4n) is 1.83. The van der Waals surface area contributed by atoms with Crippen molar-refractivity contribution in [1.29, 1.82) is 0 Å². The number of hydrogen-bond donors (Lipinski definition) is 0. The summed E-state index contributed by atoms with van der Waals surface area (Å²) >= 11 is 3.39. The first-order valence-electron chi connectivity index (χ1n) is 5.88. The molecule has 1 aromatic carbocycles. The van der Waals surface area contributed by atoms with Gasteiger partial charge in [0.1, 0.15) is 12.4 Å².